The molecule has 0 amide bonds. The molecule has 2 rings (SSSR count). The monoisotopic (exact) mass is 403 g/mol. The summed E-state index contributed by atoms with van der Waals surface area (Å²) >= 11 is 9.06. The van der Waals surface area contributed by atoms with Crippen molar-refractivity contribution in [3.63, 3.8) is 0 Å². The van der Waals surface area contributed by atoms with Crippen LogP contribution in [0.5, 0.6) is 0 Å². The van der Waals surface area contributed by atoms with Gasteiger partial charge in [0.05, 0.1) is 5.02 Å². The number of halogens is 5. The second-order valence-corrected chi connectivity index (χ2v) is 7.64. The number of hydrogen-bond donors (Lipinski definition) is 0. The molecule has 21 heavy (non-hydrogen) atoms. The van der Waals surface area contributed by atoms with Crippen molar-refractivity contribution >= 4 is 37.6 Å². The van der Waals surface area contributed by atoms with E-state index in [1.54, 1.807) is 0 Å². The molecule has 0 bridgehead atoms. The maximum absolute atomic E-state index is 12.5. The van der Waals surface area contributed by atoms with E-state index >= 15 is 0 Å². The lowest BCUT2D eigenvalue weighted by Gasteiger charge is -2.26. The molecule has 0 aliphatic carbocycles. The third-order valence-electron chi connectivity index (χ3n) is 3.05. The minimum Gasteiger partial charge on any atom is -0.207 e. The lowest BCUT2D eigenvalue weighted by Crippen LogP contribution is -2.36. The molecular weight excluding hydrogens is 395 g/mol. The van der Waals surface area contributed by atoms with Crippen molar-refractivity contribution in [3.8, 4) is 0 Å². The van der Waals surface area contributed by atoms with Gasteiger partial charge in [-0.1, -0.05) is 33.6 Å². The number of sulfonamides is 1. The molecule has 1 aliphatic rings. The maximum Gasteiger partial charge on any atom is 0.412 e. The van der Waals surface area contributed by atoms with E-state index in [1.807, 2.05) is 0 Å². The molecule has 0 fully saturated rings. The van der Waals surface area contributed by atoms with Crippen LogP contribution in [0.1, 0.15) is 6.42 Å². The lowest BCUT2D eigenvalue weighted by atomic mass is 10.1. The average Bonchev–Trinajstić information content (AvgIpc) is 2.37. The second kappa shape index (κ2) is 5.91. The van der Waals surface area contributed by atoms with Crippen LogP contribution in [0, 0.1) is 0 Å². The first-order valence-electron chi connectivity index (χ1n) is 5.84. The van der Waals surface area contributed by atoms with Crippen molar-refractivity contribution in [2.24, 2.45) is 0 Å². The Kier molecular flexibility index (Phi) is 4.72. The standard InChI is InChI=1S/C12H10BrClF3NO2S/c13-9-1-2-11(10(14)7-9)21(19,20)18-5-3-8(4-6-18)12(15,16)17/h1-3,7H,4-6H2. The van der Waals surface area contributed by atoms with Crippen molar-refractivity contribution in [2.45, 2.75) is 17.5 Å². The highest BCUT2D eigenvalue weighted by Gasteiger charge is 2.37. The summed E-state index contributed by atoms with van der Waals surface area (Å²) in [6.45, 7) is -0.538. The molecule has 0 saturated carbocycles. The molecule has 1 aromatic rings. The summed E-state index contributed by atoms with van der Waals surface area (Å²) in [5.74, 6) is 0. The molecule has 0 saturated heterocycles. The Morgan fingerprint density at radius 3 is 2.43 bits per heavy atom. The van der Waals surface area contributed by atoms with Crippen molar-refractivity contribution in [2.75, 3.05) is 13.1 Å². The quantitative estimate of drug-likeness (QED) is 0.699. The molecule has 1 heterocycles. The summed E-state index contributed by atoms with van der Waals surface area (Å²) in [5.41, 5.74) is -0.698. The van der Waals surface area contributed by atoms with Crippen LogP contribution in [0.15, 0.2) is 39.2 Å². The highest BCUT2D eigenvalue weighted by Crippen LogP contribution is 2.33. The fourth-order valence-corrected chi connectivity index (χ4v) is 4.34. The van der Waals surface area contributed by atoms with Crippen LogP contribution in [0.3, 0.4) is 0 Å². The Balaban J connectivity index is 2.29. The summed E-state index contributed by atoms with van der Waals surface area (Å²) in [4.78, 5) is -0.115. The molecule has 9 heteroatoms. The Morgan fingerprint density at radius 1 is 1.29 bits per heavy atom. The molecule has 116 valence electrons. The minimum atomic E-state index is -4.41. The van der Waals surface area contributed by atoms with Gasteiger partial charge in [0.15, 0.2) is 0 Å². The van der Waals surface area contributed by atoms with Gasteiger partial charge in [-0.3, -0.25) is 0 Å². The van der Waals surface area contributed by atoms with Crippen LogP contribution in [0.4, 0.5) is 13.2 Å². The van der Waals surface area contributed by atoms with Gasteiger partial charge in [0.1, 0.15) is 4.90 Å². The molecule has 0 unspecified atom stereocenters. The zero-order valence-corrected chi connectivity index (χ0v) is 13.7. The van der Waals surface area contributed by atoms with Gasteiger partial charge in [-0.15, -0.1) is 0 Å². The van der Waals surface area contributed by atoms with Gasteiger partial charge < -0.3 is 0 Å². The van der Waals surface area contributed by atoms with Gasteiger partial charge in [-0.05, 0) is 24.6 Å². The van der Waals surface area contributed by atoms with E-state index < -0.39 is 21.8 Å². The summed E-state index contributed by atoms with van der Waals surface area (Å²) in [5, 5.41) is 0.0231. The normalized spacial score (nSPS) is 17.7. The van der Waals surface area contributed by atoms with Crippen LogP contribution in [0.25, 0.3) is 0 Å². The molecule has 0 radical (unpaired) electrons. The topological polar surface area (TPSA) is 37.4 Å². The number of nitrogens with zero attached hydrogens (tertiary/aromatic N) is 1. The molecule has 0 N–H and O–H groups in total. The Morgan fingerprint density at radius 2 is 1.95 bits per heavy atom. The van der Waals surface area contributed by atoms with Crippen LogP contribution >= 0.6 is 27.5 Å². The van der Waals surface area contributed by atoms with Crippen molar-refractivity contribution in [1.82, 2.24) is 4.31 Å². The van der Waals surface area contributed by atoms with E-state index in [2.05, 4.69) is 15.9 Å². The van der Waals surface area contributed by atoms with E-state index in [9.17, 15) is 21.6 Å². The van der Waals surface area contributed by atoms with Crippen molar-refractivity contribution < 1.29 is 21.6 Å². The number of hydrogen-bond acceptors (Lipinski definition) is 2. The highest BCUT2D eigenvalue weighted by atomic mass is 79.9. The maximum atomic E-state index is 12.5. The van der Waals surface area contributed by atoms with Gasteiger partial charge in [0.2, 0.25) is 10.0 Å². The van der Waals surface area contributed by atoms with Crippen LogP contribution in [0.2, 0.25) is 5.02 Å². The molecule has 1 aliphatic heterocycles. The van der Waals surface area contributed by atoms with Crippen molar-refractivity contribution in [3.05, 3.63) is 39.3 Å². The molecule has 3 nitrogen and oxygen atoms in total. The summed E-state index contributed by atoms with van der Waals surface area (Å²) in [6.07, 6.45) is -3.88. The van der Waals surface area contributed by atoms with E-state index in [-0.39, 0.29) is 29.4 Å². The third kappa shape index (κ3) is 3.61. The second-order valence-electron chi connectivity index (χ2n) is 4.41. The van der Waals surface area contributed by atoms with Crippen molar-refractivity contribution in [1.29, 1.82) is 0 Å². The predicted octanol–water partition coefficient (Wildman–Crippen LogP) is 3.99. The summed E-state index contributed by atoms with van der Waals surface area (Å²) in [7, 11) is -3.91. The number of benzene rings is 1. The molecule has 0 aromatic heterocycles. The highest BCUT2D eigenvalue weighted by molar-refractivity contribution is 9.10. The number of rotatable bonds is 2. The van der Waals surface area contributed by atoms with E-state index in [0.717, 1.165) is 10.4 Å². The first kappa shape index (κ1) is 16.8. The minimum absolute atomic E-state index is 0.0231. The Bertz CT molecular complexity index is 688. The Hall–Kier alpha value is -0.570. The van der Waals surface area contributed by atoms with E-state index in [4.69, 9.17) is 11.6 Å². The smallest absolute Gasteiger partial charge is 0.207 e. The first-order valence-corrected chi connectivity index (χ1v) is 8.45. The fourth-order valence-electron chi connectivity index (χ4n) is 1.95. The lowest BCUT2D eigenvalue weighted by molar-refractivity contribution is -0.0953. The molecule has 0 spiro atoms. The fraction of sp³-hybridized carbons (Fsp3) is 0.333. The van der Waals surface area contributed by atoms with E-state index in [0.29, 0.717) is 4.47 Å². The largest absolute Gasteiger partial charge is 0.412 e. The summed E-state index contributed by atoms with van der Waals surface area (Å²) < 4.78 is 64.0. The molecular formula is C12H10BrClF3NO2S. The summed E-state index contributed by atoms with van der Waals surface area (Å²) in [6, 6.07) is 4.26. The molecule has 0 atom stereocenters. The molecule has 1 aromatic carbocycles. The van der Waals surface area contributed by atoms with Crippen LogP contribution in [-0.4, -0.2) is 32.0 Å². The average molecular weight is 405 g/mol. The first-order chi connectivity index (χ1) is 9.62. The van der Waals surface area contributed by atoms with Gasteiger partial charge in [-0.2, -0.15) is 17.5 Å². The van der Waals surface area contributed by atoms with Crippen LogP contribution < -0.4 is 0 Å². The van der Waals surface area contributed by atoms with Gasteiger partial charge in [0.25, 0.3) is 0 Å². The predicted molar refractivity (Wildman–Crippen MR) is 76.7 cm³/mol. The van der Waals surface area contributed by atoms with Gasteiger partial charge in [-0.25, -0.2) is 8.42 Å². The van der Waals surface area contributed by atoms with Crippen LogP contribution in [-0.2, 0) is 10.0 Å². The Labute approximate surface area is 133 Å². The SMILES string of the molecule is O=S(=O)(c1ccc(Br)cc1Cl)N1CC=C(C(F)(F)F)CC1. The van der Waals surface area contributed by atoms with E-state index in [1.165, 1.54) is 18.2 Å². The van der Waals surface area contributed by atoms with Gasteiger partial charge >= 0.3 is 6.18 Å². The zero-order chi connectivity index (χ0) is 15.8. The number of alkyl halides is 3. The zero-order valence-electron chi connectivity index (χ0n) is 10.5. The van der Waals surface area contributed by atoms with Gasteiger partial charge in [0, 0.05) is 23.1 Å². The third-order valence-corrected chi connectivity index (χ3v) is 5.89.